The summed E-state index contributed by atoms with van der Waals surface area (Å²) < 4.78 is 5.12. The first-order valence-corrected chi connectivity index (χ1v) is 8.01. The molecule has 0 unspecified atom stereocenters. The topological polar surface area (TPSA) is 29.5 Å². The summed E-state index contributed by atoms with van der Waals surface area (Å²) >= 11 is 1.68. The average molecular weight is 281 g/mol. The van der Waals surface area contributed by atoms with Crippen LogP contribution in [-0.2, 0) is 16.1 Å². The molecule has 0 bridgehead atoms. The molecule has 3 nitrogen and oxygen atoms in total. The molecule has 1 aromatic heterocycles. The molecule has 1 saturated carbocycles. The fourth-order valence-electron chi connectivity index (χ4n) is 2.69. The van der Waals surface area contributed by atoms with Crippen LogP contribution in [0.4, 0.5) is 0 Å². The van der Waals surface area contributed by atoms with Crippen LogP contribution >= 0.6 is 11.3 Å². The molecule has 0 aromatic carbocycles. The van der Waals surface area contributed by atoms with E-state index in [1.54, 1.807) is 18.4 Å². The van der Waals surface area contributed by atoms with Crippen molar-refractivity contribution in [3.63, 3.8) is 0 Å². The molecule has 0 saturated heterocycles. The van der Waals surface area contributed by atoms with Crippen molar-refractivity contribution in [3.8, 4) is 0 Å². The molecule has 0 N–H and O–H groups in total. The molecule has 19 heavy (non-hydrogen) atoms. The van der Waals surface area contributed by atoms with E-state index in [-0.39, 0.29) is 5.91 Å². The highest BCUT2D eigenvalue weighted by molar-refractivity contribution is 7.07. The lowest BCUT2D eigenvalue weighted by atomic mass is 10.0. The number of nitrogens with zero attached hydrogens (tertiary/aromatic N) is 1. The van der Waals surface area contributed by atoms with E-state index in [0.29, 0.717) is 25.5 Å². The van der Waals surface area contributed by atoms with Crippen molar-refractivity contribution in [1.82, 2.24) is 4.90 Å². The second kappa shape index (κ2) is 7.65. The highest BCUT2D eigenvalue weighted by Crippen LogP contribution is 2.28. The van der Waals surface area contributed by atoms with E-state index in [1.807, 2.05) is 4.90 Å². The van der Waals surface area contributed by atoms with E-state index in [2.05, 4.69) is 16.8 Å². The third-order valence-electron chi connectivity index (χ3n) is 3.81. The van der Waals surface area contributed by atoms with Gasteiger partial charge in [-0.05, 0) is 41.1 Å². The first-order chi connectivity index (χ1) is 9.29. The van der Waals surface area contributed by atoms with Gasteiger partial charge in [-0.25, -0.2) is 0 Å². The molecule has 1 aliphatic carbocycles. The molecule has 1 aromatic rings. The van der Waals surface area contributed by atoms with E-state index in [4.69, 9.17) is 4.74 Å². The Hall–Kier alpha value is -0.870. The number of rotatable bonds is 7. The first-order valence-electron chi connectivity index (χ1n) is 7.07. The number of thiophene rings is 1. The van der Waals surface area contributed by atoms with Crippen LogP contribution in [0.15, 0.2) is 16.8 Å². The molecule has 1 aliphatic rings. The average Bonchev–Trinajstić information content (AvgIpc) is 3.07. The van der Waals surface area contributed by atoms with Gasteiger partial charge in [-0.2, -0.15) is 11.3 Å². The van der Waals surface area contributed by atoms with Gasteiger partial charge in [-0.3, -0.25) is 4.79 Å². The maximum atomic E-state index is 12.4. The second-order valence-corrected chi connectivity index (χ2v) is 6.07. The molecule has 0 aliphatic heterocycles. The normalized spacial score (nSPS) is 15.8. The van der Waals surface area contributed by atoms with Crippen molar-refractivity contribution in [2.75, 3.05) is 20.3 Å². The largest absolute Gasteiger partial charge is 0.383 e. The SMILES string of the molecule is COCCN(Cc1ccsc1)C(=O)CC1CCCC1. The van der Waals surface area contributed by atoms with Crippen molar-refractivity contribution in [3.05, 3.63) is 22.4 Å². The summed E-state index contributed by atoms with van der Waals surface area (Å²) in [6, 6.07) is 2.09. The van der Waals surface area contributed by atoms with Gasteiger partial charge in [0, 0.05) is 26.6 Å². The number of amides is 1. The van der Waals surface area contributed by atoms with E-state index >= 15 is 0 Å². The van der Waals surface area contributed by atoms with E-state index < -0.39 is 0 Å². The predicted octanol–water partition coefficient (Wildman–Crippen LogP) is 3.30. The Kier molecular flexibility index (Phi) is 5.86. The van der Waals surface area contributed by atoms with Crippen LogP contribution in [0.25, 0.3) is 0 Å². The molecular formula is C15H23NO2S. The molecular weight excluding hydrogens is 258 g/mol. The van der Waals surface area contributed by atoms with E-state index in [1.165, 1.54) is 31.2 Å². The minimum Gasteiger partial charge on any atom is -0.383 e. The molecule has 1 amide bonds. The van der Waals surface area contributed by atoms with E-state index in [0.717, 1.165) is 6.54 Å². The zero-order valence-electron chi connectivity index (χ0n) is 11.6. The molecule has 0 radical (unpaired) electrons. The van der Waals surface area contributed by atoms with Crippen LogP contribution in [0.1, 0.15) is 37.7 Å². The van der Waals surface area contributed by atoms with Crippen molar-refractivity contribution in [2.24, 2.45) is 5.92 Å². The fourth-order valence-corrected chi connectivity index (χ4v) is 3.35. The van der Waals surface area contributed by atoms with Gasteiger partial charge in [0.2, 0.25) is 5.91 Å². The van der Waals surface area contributed by atoms with E-state index in [9.17, 15) is 4.79 Å². The summed E-state index contributed by atoms with van der Waals surface area (Å²) in [6.45, 7) is 2.02. The van der Waals surface area contributed by atoms with Gasteiger partial charge >= 0.3 is 0 Å². The van der Waals surface area contributed by atoms with Crippen LogP contribution in [-0.4, -0.2) is 31.1 Å². The summed E-state index contributed by atoms with van der Waals surface area (Å²) in [7, 11) is 1.68. The smallest absolute Gasteiger partial charge is 0.223 e. The van der Waals surface area contributed by atoms with Gasteiger partial charge in [0.25, 0.3) is 0 Å². The van der Waals surface area contributed by atoms with Gasteiger partial charge < -0.3 is 9.64 Å². The zero-order chi connectivity index (χ0) is 13.5. The highest BCUT2D eigenvalue weighted by Gasteiger charge is 2.22. The maximum absolute atomic E-state index is 12.4. The van der Waals surface area contributed by atoms with Gasteiger partial charge in [-0.15, -0.1) is 0 Å². The Bertz CT molecular complexity index is 372. The Morgan fingerprint density at radius 2 is 2.26 bits per heavy atom. The van der Waals surface area contributed by atoms with Crippen LogP contribution < -0.4 is 0 Å². The molecule has 0 spiro atoms. The summed E-state index contributed by atoms with van der Waals surface area (Å²) in [6.07, 6.45) is 5.75. The lowest BCUT2D eigenvalue weighted by Gasteiger charge is -2.23. The first kappa shape index (κ1) is 14.5. The Morgan fingerprint density at radius 3 is 2.89 bits per heavy atom. The standard InChI is InChI=1S/C15H23NO2S/c1-18-8-7-16(11-14-6-9-19-12-14)15(17)10-13-4-2-3-5-13/h6,9,12-13H,2-5,7-8,10-11H2,1H3. The summed E-state index contributed by atoms with van der Waals surface area (Å²) in [4.78, 5) is 14.4. The number of hydrogen-bond acceptors (Lipinski definition) is 3. The number of methoxy groups -OCH3 is 1. The molecule has 1 heterocycles. The molecule has 0 atom stereocenters. The quantitative estimate of drug-likeness (QED) is 0.767. The van der Waals surface area contributed by atoms with Crippen molar-refractivity contribution >= 4 is 17.2 Å². The molecule has 1 fully saturated rings. The second-order valence-electron chi connectivity index (χ2n) is 5.29. The summed E-state index contributed by atoms with van der Waals surface area (Å²) in [5.74, 6) is 0.898. The fraction of sp³-hybridized carbons (Fsp3) is 0.667. The monoisotopic (exact) mass is 281 g/mol. The predicted molar refractivity (Wildman–Crippen MR) is 78.2 cm³/mol. The summed E-state index contributed by atoms with van der Waals surface area (Å²) in [5.41, 5.74) is 1.22. The molecule has 106 valence electrons. The number of carbonyl (C=O) groups excluding carboxylic acids is 1. The minimum absolute atomic E-state index is 0.287. The third kappa shape index (κ3) is 4.62. The summed E-state index contributed by atoms with van der Waals surface area (Å²) in [5, 5.41) is 4.17. The van der Waals surface area contributed by atoms with Crippen LogP contribution in [0.5, 0.6) is 0 Å². The highest BCUT2D eigenvalue weighted by atomic mass is 32.1. The zero-order valence-corrected chi connectivity index (χ0v) is 12.5. The van der Waals surface area contributed by atoms with Crippen molar-refractivity contribution in [2.45, 2.75) is 38.6 Å². The van der Waals surface area contributed by atoms with Crippen LogP contribution in [0.3, 0.4) is 0 Å². The van der Waals surface area contributed by atoms with Crippen LogP contribution in [0, 0.1) is 5.92 Å². The third-order valence-corrected chi connectivity index (χ3v) is 4.54. The maximum Gasteiger partial charge on any atom is 0.223 e. The van der Waals surface area contributed by atoms with Gasteiger partial charge in [0.1, 0.15) is 0 Å². The van der Waals surface area contributed by atoms with Gasteiger partial charge in [0.15, 0.2) is 0 Å². The van der Waals surface area contributed by atoms with Gasteiger partial charge in [-0.1, -0.05) is 12.8 Å². The minimum atomic E-state index is 0.287. The Labute approximate surface area is 119 Å². The molecule has 4 heteroatoms. The number of ether oxygens (including phenoxy) is 1. The van der Waals surface area contributed by atoms with Gasteiger partial charge in [0.05, 0.1) is 6.61 Å². The number of hydrogen-bond donors (Lipinski definition) is 0. The van der Waals surface area contributed by atoms with Crippen LogP contribution in [0.2, 0.25) is 0 Å². The van der Waals surface area contributed by atoms with Crippen molar-refractivity contribution < 1.29 is 9.53 Å². The number of carbonyl (C=O) groups is 1. The molecule has 2 rings (SSSR count). The Morgan fingerprint density at radius 1 is 1.47 bits per heavy atom. The lowest BCUT2D eigenvalue weighted by Crippen LogP contribution is -2.34. The lowest BCUT2D eigenvalue weighted by molar-refractivity contribution is -0.133. The van der Waals surface area contributed by atoms with Crippen molar-refractivity contribution in [1.29, 1.82) is 0 Å². The Balaban J connectivity index is 1.89.